The summed E-state index contributed by atoms with van der Waals surface area (Å²) in [5, 5.41) is 2.18. The molecule has 5 heteroatoms. The zero-order chi connectivity index (χ0) is 45.6. The van der Waals surface area contributed by atoms with Crippen LogP contribution in [-0.2, 0) is 10.8 Å². The molecule has 10 aromatic rings. The van der Waals surface area contributed by atoms with Crippen LogP contribution in [0.15, 0.2) is 211 Å². The molecule has 9 aromatic carbocycles. The minimum Gasteiger partial charge on any atom is -0.454 e. The lowest BCUT2D eigenvalue weighted by molar-refractivity contribution is 0.590. The second kappa shape index (κ2) is 15.4. The topological polar surface area (TPSA) is 22.9 Å². The molecule has 1 aromatic heterocycles. The highest BCUT2D eigenvalue weighted by molar-refractivity contribution is 7.00. The molecule has 0 saturated carbocycles. The first kappa shape index (κ1) is 40.7. The molecule has 0 atom stereocenters. The van der Waals surface area contributed by atoms with E-state index in [1.165, 1.54) is 38.9 Å². The number of furan rings is 1. The van der Waals surface area contributed by atoms with Crippen molar-refractivity contribution in [3.8, 4) is 11.1 Å². The summed E-state index contributed by atoms with van der Waals surface area (Å²) in [6, 6.07) is 75.8. The Morgan fingerprint density at radius 1 is 0.418 bits per heavy atom. The van der Waals surface area contributed by atoms with Crippen LogP contribution in [0.2, 0.25) is 0 Å². The highest BCUT2D eigenvalue weighted by atomic mass is 16.3. The van der Waals surface area contributed by atoms with E-state index in [2.05, 4.69) is 262 Å². The molecule has 0 saturated heterocycles. The Morgan fingerprint density at radius 3 is 1.51 bits per heavy atom. The van der Waals surface area contributed by atoms with E-state index in [0.29, 0.717) is 0 Å². The average Bonchev–Trinajstić information content (AvgIpc) is 3.73. The normalized spacial score (nSPS) is 13.1. The van der Waals surface area contributed by atoms with Gasteiger partial charge in [-0.25, -0.2) is 0 Å². The average molecular weight is 866 g/mol. The van der Waals surface area contributed by atoms with E-state index in [9.17, 15) is 0 Å². The fourth-order valence-corrected chi connectivity index (χ4v) is 10.6. The molecule has 3 heterocycles. The van der Waals surface area contributed by atoms with E-state index < -0.39 is 0 Å². The summed E-state index contributed by atoms with van der Waals surface area (Å²) in [5.41, 5.74) is 20.4. The monoisotopic (exact) mass is 865 g/mol. The molecule has 0 spiro atoms. The van der Waals surface area contributed by atoms with Gasteiger partial charge in [0.2, 0.25) is 0 Å². The summed E-state index contributed by atoms with van der Waals surface area (Å²) >= 11 is 0. The summed E-state index contributed by atoms with van der Waals surface area (Å²) in [5.74, 6) is 0. The molecule has 0 bridgehead atoms. The second-order valence-corrected chi connectivity index (χ2v) is 20.2. The number of para-hydroxylation sites is 4. The maximum absolute atomic E-state index is 6.91. The molecule has 0 radical (unpaired) electrons. The number of rotatable bonds is 6. The molecule has 0 unspecified atom stereocenters. The Morgan fingerprint density at radius 2 is 0.925 bits per heavy atom. The van der Waals surface area contributed by atoms with Crippen LogP contribution in [0.1, 0.15) is 52.7 Å². The third kappa shape index (κ3) is 6.75. The summed E-state index contributed by atoms with van der Waals surface area (Å²) in [7, 11) is 0. The van der Waals surface area contributed by atoms with E-state index in [-0.39, 0.29) is 17.5 Å². The van der Waals surface area contributed by atoms with Crippen molar-refractivity contribution in [2.75, 3.05) is 14.7 Å². The van der Waals surface area contributed by atoms with E-state index in [1.807, 2.05) is 0 Å². The first-order valence-electron chi connectivity index (χ1n) is 23.5. The smallest absolute Gasteiger partial charge is 0.252 e. The van der Waals surface area contributed by atoms with Crippen LogP contribution in [0.3, 0.4) is 0 Å². The summed E-state index contributed by atoms with van der Waals surface area (Å²) in [6.07, 6.45) is 0. The van der Waals surface area contributed by atoms with Gasteiger partial charge in [0.25, 0.3) is 6.71 Å². The quantitative estimate of drug-likeness (QED) is 0.155. The maximum atomic E-state index is 6.91. The Bertz CT molecular complexity index is 3380. The number of hydrogen-bond donors (Lipinski definition) is 0. The molecule has 0 N–H and O–H groups in total. The molecule has 0 amide bonds. The molecule has 2 aliphatic rings. The first-order valence-corrected chi connectivity index (χ1v) is 23.5. The zero-order valence-corrected chi connectivity index (χ0v) is 39.0. The van der Waals surface area contributed by atoms with Crippen molar-refractivity contribution >= 4 is 96.2 Å². The zero-order valence-electron chi connectivity index (χ0n) is 39.0. The SMILES string of the molecule is CC(C)(C)c1ccc2c(c1)B1c3cc(C(C)(C)C)ccc3N(c3ccccc3)c3cc(N(c4cccc(-c5ccccc5)c4)c4cccc5c4oc4ccccc45)cc(c31)N2c1ccccc1. The largest absolute Gasteiger partial charge is 0.454 e. The lowest BCUT2D eigenvalue weighted by atomic mass is 9.33. The van der Waals surface area contributed by atoms with Crippen LogP contribution in [0.5, 0.6) is 0 Å². The molecule has 4 nitrogen and oxygen atoms in total. The molecule has 12 rings (SSSR count). The summed E-state index contributed by atoms with van der Waals surface area (Å²) < 4.78 is 6.91. The van der Waals surface area contributed by atoms with Crippen molar-refractivity contribution in [2.24, 2.45) is 0 Å². The van der Waals surface area contributed by atoms with Crippen LogP contribution in [-0.4, -0.2) is 6.71 Å². The van der Waals surface area contributed by atoms with Crippen LogP contribution >= 0.6 is 0 Å². The van der Waals surface area contributed by atoms with Gasteiger partial charge in [0.1, 0.15) is 5.58 Å². The predicted octanol–water partition coefficient (Wildman–Crippen LogP) is 15.4. The molecule has 67 heavy (non-hydrogen) atoms. The van der Waals surface area contributed by atoms with Crippen molar-refractivity contribution in [2.45, 2.75) is 52.4 Å². The third-order valence-corrected chi connectivity index (χ3v) is 13.9. The van der Waals surface area contributed by atoms with Gasteiger partial charge in [0.05, 0.1) is 11.4 Å². The molecular formula is C62H52BN3O. The van der Waals surface area contributed by atoms with Crippen LogP contribution in [0, 0.1) is 0 Å². The third-order valence-electron chi connectivity index (χ3n) is 13.9. The number of benzene rings is 9. The van der Waals surface area contributed by atoms with Crippen LogP contribution < -0.4 is 31.1 Å². The highest BCUT2D eigenvalue weighted by Gasteiger charge is 2.45. The van der Waals surface area contributed by atoms with Crippen molar-refractivity contribution in [3.05, 3.63) is 217 Å². The van der Waals surface area contributed by atoms with Gasteiger partial charge in [-0.05, 0) is 122 Å². The van der Waals surface area contributed by atoms with Gasteiger partial charge in [-0.1, -0.05) is 175 Å². The van der Waals surface area contributed by atoms with Gasteiger partial charge in [-0.2, -0.15) is 0 Å². The van der Waals surface area contributed by atoms with Crippen molar-refractivity contribution in [3.63, 3.8) is 0 Å². The molecule has 0 fully saturated rings. The Kier molecular flexibility index (Phi) is 9.38. The van der Waals surface area contributed by atoms with Crippen molar-refractivity contribution in [1.82, 2.24) is 0 Å². The van der Waals surface area contributed by atoms with Crippen LogP contribution in [0.25, 0.3) is 33.1 Å². The fourth-order valence-electron chi connectivity index (χ4n) is 10.6. The van der Waals surface area contributed by atoms with E-state index in [4.69, 9.17) is 4.42 Å². The van der Waals surface area contributed by atoms with Gasteiger partial charge in [0, 0.05) is 50.6 Å². The lowest BCUT2D eigenvalue weighted by Gasteiger charge is -2.45. The number of anilines is 9. The van der Waals surface area contributed by atoms with E-state index >= 15 is 0 Å². The van der Waals surface area contributed by atoms with Gasteiger partial charge < -0.3 is 19.1 Å². The van der Waals surface area contributed by atoms with E-state index in [1.54, 1.807) is 0 Å². The molecule has 2 aliphatic heterocycles. The van der Waals surface area contributed by atoms with Gasteiger partial charge in [-0.3, -0.25) is 0 Å². The molecular weight excluding hydrogens is 814 g/mol. The second-order valence-electron chi connectivity index (χ2n) is 20.2. The lowest BCUT2D eigenvalue weighted by Crippen LogP contribution is -2.61. The Balaban J connectivity index is 1.22. The maximum Gasteiger partial charge on any atom is 0.252 e. The number of hydrogen-bond acceptors (Lipinski definition) is 4. The van der Waals surface area contributed by atoms with Gasteiger partial charge >= 0.3 is 0 Å². The first-order chi connectivity index (χ1) is 32.5. The summed E-state index contributed by atoms with van der Waals surface area (Å²) in [6.45, 7) is 13.9. The molecule has 0 aliphatic carbocycles. The van der Waals surface area contributed by atoms with Crippen molar-refractivity contribution in [1.29, 1.82) is 0 Å². The predicted molar refractivity (Wildman–Crippen MR) is 285 cm³/mol. The standard InChI is InChI=1S/C62H52BN3O/c1-61(2,3)43-32-34-53-51(37-43)63-52-38-44(62(4,5)6)33-35-54(52)66(46-25-14-9-15-26-46)57-40-48(39-56(59(57)63)65(53)45-23-12-8-13-24-45)64(47-27-18-22-42(36-47)41-20-10-7-11-21-41)55-30-19-29-50-49-28-16-17-31-58(49)67-60(50)55/h7-40H,1-6H3. The minimum absolute atomic E-state index is 0.0396. The van der Waals surface area contributed by atoms with Crippen molar-refractivity contribution < 1.29 is 4.42 Å². The summed E-state index contributed by atoms with van der Waals surface area (Å²) in [4.78, 5) is 7.46. The number of nitrogens with zero attached hydrogens (tertiary/aromatic N) is 3. The van der Waals surface area contributed by atoms with Crippen LogP contribution in [0.4, 0.5) is 51.2 Å². The van der Waals surface area contributed by atoms with E-state index in [0.717, 1.165) is 72.9 Å². The van der Waals surface area contributed by atoms with Gasteiger partial charge in [0.15, 0.2) is 5.58 Å². The highest BCUT2D eigenvalue weighted by Crippen LogP contribution is 2.50. The van der Waals surface area contributed by atoms with Gasteiger partial charge in [-0.15, -0.1) is 0 Å². The minimum atomic E-state index is -0.0487. The Labute approximate surface area is 394 Å². The fraction of sp³-hybridized carbons (Fsp3) is 0.129. The number of fused-ring (bicyclic) bond motifs is 7. The molecule has 324 valence electrons. The Hall–Kier alpha value is -7.76.